The first-order chi connectivity index (χ1) is 12.8. The predicted octanol–water partition coefficient (Wildman–Crippen LogP) is 3.89. The monoisotopic (exact) mass is 367 g/mol. The van der Waals surface area contributed by atoms with Crippen LogP contribution in [0.15, 0.2) is 54.6 Å². The van der Waals surface area contributed by atoms with E-state index in [1.807, 2.05) is 64.1 Å². The van der Waals surface area contributed by atoms with Crippen LogP contribution >= 0.6 is 0 Å². The van der Waals surface area contributed by atoms with Gasteiger partial charge >= 0.3 is 0 Å². The van der Waals surface area contributed by atoms with Crippen molar-refractivity contribution in [1.29, 1.82) is 0 Å². The number of amides is 2. The van der Waals surface area contributed by atoms with Crippen LogP contribution in [0, 0.1) is 0 Å². The van der Waals surface area contributed by atoms with Crippen molar-refractivity contribution < 1.29 is 9.59 Å². The smallest absolute Gasteiger partial charge is 0.251 e. The van der Waals surface area contributed by atoms with Gasteiger partial charge in [-0.25, -0.2) is 0 Å². The summed E-state index contributed by atoms with van der Waals surface area (Å²) in [5.74, 6) is -0.221. The first kappa shape index (κ1) is 20.5. The van der Waals surface area contributed by atoms with Gasteiger partial charge in [-0.1, -0.05) is 43.3 Å². The molecule has 0 saturated heterocycles. The Morgan fingerprint density at radius 1 is 1.00 bits per heavy atom. The second-order valence-electron chi connectivity index (χ2n) is 7.58. The lowest BCUT2D eigenvalue weighted by molar-refractivity contribution is -0.120. The lowest BCUT2D eigenvalue weighted by Gasteiger charge is -2.21. The van der Waals surface area contributed by atoms with Gasteiger partial charge in [0.15, 0.2) is 0 Å². The van der Waals surface area contributed by atoms with Crippen LogP contribution in [0.3, 0.4) is 0 Å². The molecule has 0 aliphatic rings. The van der Waals surface area contributed by atoms with Crippen molar-refractivity contribution in [2.45, 2.75) is 45.7 Å². The maximum Gasteiger partial charge on any atom is 0.251 e. The number of carbonyl (C=O) groups excluding carboxylic acids is 2. The van der Waals surface area contributed by atoms with E-state index in [1.165, 1.54) is 0 Å². The standard InChI is InChI=1S/C22H29N3O2/c1-5-19(16-10-7-6-8-11-16)24-20(26)15-23-18-13-9-12-17(14-18)21(27)25-22(2,3)4/h6-14,19,23H,5,15H2,1-4H3,(H,24,26)(H,25,27). The number of hydrogen-bond donors (Lipinski definition) is 3. The van der Waals surface area contributed by atoms with Gasteiger partial charge in [0.25, 0.3) is 5.91 Å². The molecule has 144 valence electrons. The Morgan fingerprint density at radius 3 is 2.33 bits per heavy atom. The maximum absolute atomic E-state index is 12.3. The minimum atomic E-state index is -0.299. The summed E-state index contributed by atoms with van der Waals surface area (Å²) >= 11 is 0. The van der Waals surface area contributed by atoms with Crippen LogP contribution in [-0.4, -0.2) is 23.9 Å². The molecule has 3 N–H and O–H groups in total. The van der Waals surface area contributed by atoms with Crippen molar-refractivity contribution in [3.63, 3.8) is 0 Å². The number of hydrogen-bond acceptors (Lipinski definition) is 3. The van der Waals surface area contributed by atoms with Crippen molar-refractivity contribution >= 4 is 17.5 Å². The highest BCUT2D eigenvalue weighted by Gasteiger charge is 2.16. The van der Waals surface area contributed by atoms with Gasteiger partial charge in [-0.2, -0.15) is 0 Å². The predicted molar refractivity (Wildman–Crippen MR) is 110 cm³/mol. The van der Waals surface area contributed by atoms with Gasteiger partial charge in [0.2, 0.25) is 5.91 Å². The Balaban J connectivity index is 1.93. The van der Waals surface area contributed by atoms with Crippen molar-refractivity contribution in [1.82, 2.24) is 10.6 Å². The number of rotatable bonds is 7. The molecule has 5 heteroatoms. The second kappa shape index (κ2) is 9.21. The largest absolute Gasteiger partial charge is 0.376 e. The normalized spacial score (nSPS) is 12.1. The second-order valence-corrected chi connectivity index (χ2v) is 7.58. The third kappa shape index (κ3) is 6.77. The Hall–Kier alpha value is -2.82. The molecule has 0 spiro atoms. The maximum atomic E-state index is 12.3. The van der Waals surface area contributed by atoms with E-state index < -0.39 is 0 Å². The van der Waals surface area contributed by atoms with E-state index in [1.54, 1.807) is 18.2 Å². The fourth-order valence-electron chi connectivity index (χ4n) is 2.72. The summed E-state index contributed by atoms with van der Waals surface area (Å²) in [4.78, 5) is 24.6. The molecule has 1 atom stereocenters. The average molecular weight is 367 g/mol. The van der Waals surface area contributed by atoms with Crippen LogP contribution in [-0.2, 0) is 4.79 Å². The molecule has 2 amide bonds. The molecule has 0 saturated carbocycles. The van der Waals surface area contributed by atoms with Crippen LogP contribution in [0.2, 0.25) is 0 Å². The molecule has 0 bridgehead atoms. The Kier molecular flexibility index (Phi) is 6.99. The molecule has 0 aromatic heterocycles. The third-order valence-corrected chi connectivity index (χ3v) is 4.01. The summed E-state index contributed by atoms with van der Waals surface area (Å²) in [5.41, 5.74) is 2.09. The molecule has 5 nitrogen and oxygen atoms in total. The zero-order valence-electron chi connectivity index (χ0n) is 16.5. The van der Waals surface area contributed by atoms with Crippen molar-refractivity contribution in [2.75, 3.05) is 11.9 Å². The fraction of sp³-hybridized carbons (Fsp3) is 0.364. The zero-order valence-corrected chi connectivity index (χ0v) is 16.5. The highest BCUT2D eigenvalue weighted by atomic mass is 16.2. The lowest BCUT2D eigenvalue weighted by atomic mass is 10.0. The molecule has 2 aromatic rings. The Bertz CT molecular complexity index is 767. The van der Waals surface area contributed by atoms with E-state index in [2.05, 4.69) is 16.0 Å². The van der Waals surface area contributed by atoms with Crippen LogP contribution in [0.4, 0.5) is 5.69 Å². The van der Waals surface area contributed by atoms with Crippen LogP contribution in [0.25, 0.3) is 0 Å². The molecule has 0 radical (unpaired) electrons. The summed E-state index contributed by atoms with van der Waals surface area (Å²) in [6.07, 6.45) is 0.818. The highest BCUT2D eigenvalue weighted by Crippen LogP contribution is 2.16. The summed E-state index contributed by atoms with van der Waals surface area (Å²) in [6, 6.07) is 17.1. The molecule has 2 rings (SSSR count). The molecule has 1 unspecified atom stereocenters. The summed E-state index contributed by atoms with van der Waals surface area (Å²) < 4.78 is 0. The van der Waals surface area contributed by atoms with E-state index >= 15 is 0 Å². The molecule has 0 aliphatic heterocycles. The van der Waals surface area contributed by atoms with E-state index in [-0.39, 0.29) is 29.9 Å². The quantitative estimate of drug-likeness (QED) is 0.695. The summed E-state index contributed by atoms with van der Waals surface area (Å²) in [5, 5.41) is 9.07. The SMILES string of the molecule is CCC(NC(=O)CNc1cccc(C(=O)NC(C)(C)C)c1)c1ccccc1. The van der Waals surface area contributed by atoms with Crippen molar-refractivity contribution in [2.24, 2.45) is 0 Å². The van der Waals surface area contributed by atoms with Gasteiger partial charge in [-0.3, -0.25) is 9.59 Å². The molecule has 0 fully saturated rings. The van der Waals surface area contributed by atoms with Gasteiger partial charge in [-0.05, 0) is 51.0 Å². The Labute approximate surface area is 161 Å². The number of benzene rings is 2. The van der Waals surface area contributed by atoms with Crippen LogP contribution < -0.4 is 16.0 Å². The Morgan fingerprint density at radius 2 is 1.70 bits per heavy atom. The van der Waals surface area contributed by atoms with Crippen LogP contribution in [0.1, 0.15) is 56.1 Å². The van der Waals surface area contributed by atoms with Crippen molar-refractivity contribution in [3.8, 4) is 0 Å². The van der Waals surface area contributed by atoms with E-state index in [0.717, 1.165) is 17.7 Å². The molecular weight excluding hydrogens is 338 g/mol. The lowest BCUT2D eigenvalue weighted by Crippen LogP contribution is -2.40. The molecule has 0 heterocycles. The minimum Gasteiger partial charge on any atom is -0.376 e. The van der Waals surface area contributed by atoms with Gasteiger partial charge in [0.1, 0.15) is 0 Å². The van der Waals surface area contributed by atoms with E-state index in [4.69, 9.17) is 0 Å². The summed E-state index contributed by atoms with van der Waals surface area (Å²) in [7, 11) is 0. The van der Waals surface area contributed by atoms with E-state index in [9.17, 15) is 9.59 Å². The number of carbonyl (C=O) groups is 2. The zero-order chi connectivity index (χ0) is 19.9. The molecule has 0 aliphatic carbocycles. The molecule has 2 aromatic carbocycles. The van der Waals surface area contributed by atoms with Gasteiger partial charge < -0.3 is 16.0 Å². The van der Waals surface area contributed by atoms with Gasteiger partial charge in [0.05, 0.1) is 12.6 Å². The number of anilines is 1. The van der Waals surface area contributed by atoms with Crippen molar-refractivity contribution in [3.05, 3.63) is 65.7 Å². The minimum absolute atomic E-state index is 0.00982. The van der Waals surface area contributed by atoms with E-state index in [0.29, 0.717) is 5.56 Å². The van der Waals surface area contributed by atoms with Gasteiger partial charge in [-0.15, -0.1) is 0 Å². The number of nitrogens with one attached hydrogen (secondary N) is 3. The highest BCUT2D eigenvalue weighted by molar-refractivity contribution is 5.95. The fourth-order valence-corrected chi connectivity index (χ4v) is 2.72. The molecular formula is C22H29N3O2. The molecule has 27 heavy (non-hydrogen) atoms. The summed E-state index contributed by atoms with van der Waals surface area (Å²) in [6.45, 7) is 8.01. The first-order valence-electron chi connectivity index (χ1n) is 9.29. The van der Waals surface area contributed by atoms with Crippen LogP contribution in [0.5, 0.6) is 0 Å². The average Bonchev–Trinajstić information content (AvgIpc) is 2.64. The first-order valence-corrected chi connectivity index (χ1v) is 9.29. The topological polar surface area (TPSA) is 70.2 Å². The van der Waals surface area contributed by atoms with Gasteiger partial charge in [0, 0.05) is 16.8 Å². The third-order valence-electron chi connectivity index (χ3n) is 4.01.